The maximum atomic E-state index is 13.7. The molecule has 5 nitrogen and oxygen atoms in total. The Morgan fingerprint density at radius 3 is 2.41 bits per heavy atom. The summed E-state index contributed by atoms with van der Waals surface area (Å²) in [5.41, 5.74) is 3.79. The zero-order valence-corrected chi connectivity index (χ0v) is 19.5. The number of aliphatic imine (C=N–C) groups is 1. The molecule has 0 aliphatic carbocycles. The van der Waals surface area contributed by atoms with Gasteiger partial charge < -0.3 is 9.64 Å². The Balaban J connectivity index is 1.60. The zero-order valence-electron chi connectivity index (χ0n) is 17.9. The number of hydrogen-bond acceptors (Lipinski definition) is 6. The molecular weight excluding hydrogens is 438 g/mol. The van der Waals surface area contributed by atoms with Crippen molar-refractivity contribution in [2.24, 2.45) is 4.99 Å². The molecule has 3 aromatic carbocycles. The van der Waals surface area contributed by atoms with Crippen LogP contribution in [0.2, 0.25) is 0 Å². The topological polar surface area (TPSA) is 45.1 Å². The highest BCUT2D eigenvalue weighted by atomic mass is 32.2. The Morgan fingerprint density at radius 1 is 0.938 bits per heavy atom. The molecule has 0 saturated carbocycles. The molecule has 160 valence electrons. The Morgan fingerprint density at radius 2 is 1.69 bits per heavy atom. The molecule has 2 heterocycles. The molecule has 0 N–H and O–H groups in total. The number of para-hydroxylation sites is 1. The van der Waals surface area contributed by atoms with E-state index in [0.717, 1.165) is 38.3 Å². The summed E-state index contributed by atoms with van der Waals surface area (Å²) in [6.45, 7) is 2.03. The van der Waals surface area contributed by atoms with Crippen molar-refractivity contribution in [1.82, 2.24) is 0 Å². The molecule has 1 amide bonds. The molecule has 32 heavy (non-hydrogen) atoms. The van der Waals surface area contributed by atoms with E-state index < -0.39 is 0 Å². The highest BCUT2D eigenvalue weighted by Crippen LogP contribution is 2.51. The third kappa shape index (κ3) is 3.67. The predicted octanol–water partition coefficient (Wildman–Crippen LogP) is 6.18. The number of rotatable bonds is 3. The van der Waals surface area contributed by atoms with E-state index in [-0.39, 0.29) is 5.91 Å². The first-order valence-electron chi connectivity index (χ1n) is 10.1. The van der Waals surface area contributed by atoms with Gasteiger partial charge in [0, 0.05) is 18.0 Å². The quantitative estimate of drug-likeness (QED) is 0.438. The average molecular weight is 460 g/mol. The van der Waals surface area contributed by atoms with Crippen LogP contribution in [0.4, 0.5) is 17.1 Å². The number of methoxy groups -OCH3 is 1. The second kappa shape index (κ2) is 8.41. The molecule has 1 saturated heterocycles. The molecule has 0 bridgehead atoms. The number of fused-ring (bicyclic) bond motifs is 1. The maximum absolute atomic E-state index is 13.7. The summed E-state index contributed by atoms with van der Waals surface area (Å²) >= 11 is 3.01. The number of hydrogen-bond donors (Lipinski definition) is 0. The molecular formula is C25H21N3O2S2. The van der Waals surface area contributed by atoms with Crippen molar-refractivity contribution in [3.8, 4) is 5.75 Å². The second-order valence-corrected chi connectivity index (χ2v) is 9.45. The van der Waals surface area contributed by atoms with Gasteiger partial charge in [0.15, 0.2) is 5.17 Å². The number of anilines is 2. The number of aryl methyl sites for hydroxylation is 1. The van der Waals surface area contributed by atoms with Crippen LogP contribution in [0.3, 0.4) is 0 Å². The Hall–Kier alpha value is -3.16. The number of carbonyl (C=O) groups is 1. The molecule has 0 radical (unpaired) electrons. The van der Waals surface area contributed by atoms with Crippen molar-refractivity contribution < 1.29 is 9.53 Å². The lowest BCUT2D eigenvalue weighted by atomic mass is 10.2. The van der Waals surface area contributed by atoms with Gasteiger partial charge in [-0.05, 0) is 55.1 Å². The van der Waals surface area contributed by atoms with Crippen LogP contribution >= 0.6 is 23.5 Å². The van der Waals surface area contributed by atoms with Crippen LogP contribution in [0.15, 0.2) is 92.6 Å². The number of benzene rings is 3. The monoisotopic (exact) mass is 459 g/mol. The van der Waals surface area contributed by atoms with Crippen LogP contribution in [0.25, 0.3) is 0 Å². The van der Waals surface area contributed by atoms with Gasteiger partial charge in [0.25, 0.3) is 5.91 Å². The lowest BCUT2D eigenvalue weighted by molar-refractivity contribution is -0.113. The Labute approximate surface area is 195 Å². The third-order valence-corrected chi connectivity index (χ3v) is 7.68. The van der Waals surface area contributed by atoms with Crippen molar-refractivity contribution in [3.63, 3.8) is 0 Å². The minimum Gasteiger partial charge on any atom is -0.497 e. The van der Waals surface area contributed by atoms with Gasteiger partial charge in [-0.1, -0.05) is 47.7 Å². The molecule has 0 spiro atoms. The summed E-state index contributed by atoms with van der Waals surface area (Å²) < 4.78 is 5.39. The van der Waals surface area contributed by atoms with E-state index in [9.17, 15) is 4.79 Å². The number of ether oxygens (including phenoxy) is 1. The van der Waals surface area contributed by atoms with Crippen molar-refractivity contribution in [2.75, 3.05) is 24.0 Å². The average Bonchev–Trinajstić information content (AvgIpc) is 3.31. The number of amidine groups is 1. The summed E-state index contributed by atoms with van der Waals surface area (Å²) in [5.74, 6) is 0.725. The van der Waals surface area contributed by atoms with Gasteiger partial charge in [-0.2, -0.15) is 0 Å². The van der Waals surface area contributed by atoms with Crippen LogP contribution in [0, 0.1) is 6.92 Å². The molecule has 3 aromatic rings. The number of carbonyl (C=O) groups excluding carboxylic acids is 1. The van der Waals surface area contributed by atoms with Gasteiger partial charge in [0.05, 0.1) is 29.2 Å². The van der Waals surface area contributed by atoms with Gasteiger partial charge in [-0.25, -0.2) is 4.99 Å². The minimum atomic E-state index is -0.0670. The smallest absolute Gasteiger partial charge is 0.274 e. The van der Waals surface area contributed by atoms with Crippen LogP contribution in [0.1, 0.15) is 5.56 Å². The molecule has 0 atom stereocenters. The van der Waals surface area contributed by atoms with Crippen molar-refractivity contribution in [3.05, 3.63) is 88.3 Å². The predicted molar refractivity (Wildman–Crippen MR) is 134 cm³/mol. The van der Waals surface area contributed by atoms with E-state index in [1.165, 1.54) is 11.8 Å². The standard InChI is InChI=1S/C25H21N3O2S2/c1-16-9-11-18(12-10-16)28-23(29)22(32-25(28)26-17-7-5-4-6-8-17)24-27(2)20-15-19(30-3)13-14-21(20)31-24/h4-15H,1-3H3. The molecule has 2 aliphatic rings. The highest BCUT2D eigenvalue weighted by Gasteiger charge is 2.40. The number of nitrogens with zero attached hydrogens (tertiary/aromatic N) is 3. The first kappa shape index (κ1) is 20.7. The summed E-state index contributed by atoms with van der Waals surface area (Å²) in [6.07, 6.45) is 0. The molecule has 2 aliphatic heterocycles. The van der Waals surface area contributed by atoms with Crippen LogP contribution in [-0.4, -0.2) is 25.2 Å². The highest BCUT2D eigenvalue weighted by molar-refractivity contribution is 8.20. The zero-order chi connectivity index (χ0) is 22.2. The van der Waals surface area contributed by atoms with E-state index in [4.69, 9.17) is 9.73 Å². The van der Waals surface area contributed by atoms with Gasteiger partial charge in [0.2, 0.25) is 0 Å². The van der Waals surface area contributed by atoms with E-state index >= 15 is 0 Å². The molecule has 7 heteroatoms. The van der Waals surface area contributed by atoms with Gasteiger partial charge in [0.1, 0.15) is 10.7 Å². The SMILES string of the molecule is COc1ccc2c(c1)N(C)C(=C1SC(=Nc3ccccc3)N(c3ccc(C)cc3)C1=O)S2. The fraction of sp³-hybridized carbons (Fsp3) is 0.120. The van der Waals surface area contributed by atoms with E-state index in [1.807, 2.05) is 86.8 Å². The van der Waals surface area contributed by atoms with Crippen LogP contribution in [-0.2, 0) is 4.79 Å². The normalized spacial score (nSPS) is 19.1. The summed E-state index contributed by atoms with van der Waals surface area (Å²) in [7, 11) is 3.64. The third-order valence-electron chi connectivity index (χ3n) is 5.29. The summed E-state index contributed by atoms with van der Waals surface area (Å²) in [5, 5.41) is 1.55. The summed E-state index contributed by atoms with van der Waals surface area (Å²) in [4.78, 5) is 24.0. The van der Waals surface area contributed by atoms with Crippen molar-refractivity contribution in [2.45, 2.75) is 11.8 Å². The van der Waals surface area contributed by atoms with Crippen LogP contribution in [0.5, 0.6) is 5.75 Å². The van der Waals surface area contributed by atoms with Gasteiger partial charge in [-0.15, -0.1) is 0 Å². The minimum absolute atomic E-state index is 0.0670. The van der Waals surface area contributed by atoms with E-state index in [2.05, 4.69) is 4.90 Å². The molecule has 1 fully saturated rings. The van der Waals surface area contributed by atoms with Gasteiger partial charge >= 0.3 is 0 Å². The fourth-order valence-electron chi connectivity index (χ4n) is 3.56. The van der Waals surface area contributed by atoms with Crippen LogP contribution < -0.4 is 14.5 Å². The lowest BCUT2D eigenvalue weighted by Crippen LogP contribution is -2.29. The largest absolute Gasteiger partial charge is 0.497 e. The first-order valence-corrected chi connectivity index (χ1v) is 11.7. The Kier molecular flexibility index (Phi) is 5.45. The summed E-state index contributed by atoms with van der Waals surface area (Å²) in [6, 6.07) is 23.6. The van der Waals surface area contributed by atoms with Crippen molar-refractivity contribution in [1.29, 1.82) is 0 Å². The fourth-order valence-corrected chi connectivity index (χ4v) is 5.89. The van der Waals surface area contributed by atoms with E-state index in [1.54, 1.807) is 23.8 Å². The molecule has 5 rings (SSSR count). The molecule has 0 aromatic heterocycles. The maximum Gasteiger partial charge on any atom is 0.274 e. The van der Waals surface area contributed by atoms with Gasteiger partial charge in [-0.3, -0.25) is 9.69 Å². The lowest BCUT2D eigenvalue weighted by Gasteiger charge is -2.17. The first-order chi connectivity index (χ1) is 15.5. The van der Waals surface area contributed by atoms with E-state index in [0.29, 0.717) is 10.1 Å². The van der Waals surface area contributed by atoms with Crippen molar-refractivity contribution >= 4 is 51.7 Å². The molecule has 0 unspecified atom stereocenters. The second-order valence-electron chi connectivity index (χ2n) is 7.44. The number of thioether (sulfide) groups is 2. The Bertz CT molecular complexity index is 1250. The number of amides is 1.